The van der Waals surface area contributed by atoms with Gasteiger partial charge in [-0.1, -0.05) is 73.5 Å². The first kappa shape index (κ1) is 25.0. The van der Waals surface area contributed by atoms with Crippen LogP contribution in [0.4, 0.5) is 0 Å². The van der Waals surface area contributed by atoms with E-state index < -0.39 is 6.04 Å². The molecule has 31 heavy (non-hydrogen) atoms. The van der Waals surface area contributed by atoms with Gasteiger partial charge in [-0.15, -0.1) is 11.8 Å². The molecule has 0 heterocycles. The van der Waals surface area contributed by atoms with E-state index in [0.29, 0.717) is 18.7 Å². The first-order valence-electron chi connectivity index (χ1n) is 11.1. The van der Waals surface area contributed by atoms with Gasteiger partial charge in [0.25, 0.3) is 0 Å². The van der Waals surface area contributed by atoms with Crippen molar-refractivity contribution in [2.75, 3.05) is 5.75 Å². The maximum atomic E-state index is 13.3. The lowest BCUT2D eigenvalue weighted by Crippen LogP contribution is -2.51. The number of nitrogens with zero attached hydrogens (tertiary/aromatic N) is 1. The molecule has 2 atom stereocenters. The standard InChI is InChI=1S/C26H36N2O2S/c1-6-21(5)27-26(30)24(7-2)28(16-22-11-9-8-10-12-22)25(29)18-31-17-23-14-19(3)13-20(4)15-23/h8-15,21,24H,6-7,16-18H2,1-5H3,(H,27,30)/t21-,24+/m0/s1. The molecule has 168 valence electrons. The summed E-state index contributed by atoms with van der Waals surface area (Å²) in [7, 11) is 0. The molecule has 0 aromatic heterocycles. The van der Waals surface area contributed by atoms with Gasteiger partial charge < -0.3 is 10.2 Å². The summed E-state index contributed by atoms with van der Waals surface area (Å²) in [4.78, 5) is 27.9. The fraction of sp³-hybridized carbons (Fsp3) is 0.462. The van der Waals surface area contributed by atoms with E-state index in [1.54, 1.807) is 16.7 Å². The molecule has 0 aliphatic rings. The van der Waals surface area contributed by atoms with Gasteiger partial charge in [-0.3, -0.25) is 9.59 Å². The van der Waals surface area contributed by atoms with Gasteiger partial charge in [-0.05, 0) is 44.7 Å². The third-order valence-corrected chi connectivity index (χ3v) is 6.35. The van der Waals surface area contributed by atoms with Crippen LogP contribution in [-0.2, 0) is 21.9 Å². The van der Waals surface area contributed by atoms with Crippen LogP contribution in [-0.4, -0.2) is 34.6 Å². The second-order valence-electron chi connectivity index (χ2n) is 8.24. The predicted octanol–water partition coefficient (Wildman–Crippen LogP) is 5.26. The van der Waals surface area contributed by atoms with Gasteiger partial charge in [0.05, 0.1) is 5.75 Å². The number of amides is 2. The monoisotopic (exact) mass is 440 g/mol. The first-order chi connectivity index (χ1) is 14.8. The van der Waals surface area contributed by atoms with Crippen molar-refractivity contribution in [2.24, 2.45) is 0 Å². The Bertz CT molecular complexity index is 833. The van der Waals surface area contributed by atoms with Gasteiger partial charge in [0.2, 0.25) is 11.8 Å². The number of carbonyl (C=O) groups excluding carboxylic acids is 2. The van der Waals surface area contributed by atoms with Crippen LogP contribution in [0.2, 0.25) is 0 Å². The van der Waals surface area contributed by atoms with E-state index in [0.717, 1.165) is 17.7 Å². The number of thioether (sulfide) groups is 1. The maximum absolute atomic E-state index is 13.3. The van der Waals surface area contributed by atoms with Crippen molar-refractivity contribution in [3.63, 3.8) is 0 Å². The second kappa shape index (κ2) is 12.6. The van der Waals surface area contributed by atoms with Crippen LogP contribution in [0.5, 0.6) is 0 Å². The number of aryl methyl sites for hydroxylation is 2. The van der Waals surface area contributed by atoms with Crippen LogP contribution in [0.25, 0.3) is 0 Å². The molecule has 0 aliphatic carbocycles. The zero-order valence-electron chi connectivity index (χ0n) is 19.5. The third kappa shape index (κ3) is 8.06. The highest BCUT2D eigenvalue weighted by Gasteiger charge is 2.29. The lowest BCUT2D eigenvalue weighted by molar-refractivity contribution is -0.139. The van der Waals surface area contributed by atoms with Crippen LogP contribution in [0.3, 0.4) is 0 Å². The molecular formula is C26H36N2O2S. The molecule has 2 aromatic carbocycles. The average molecular weight is 441 g/mol. The number of carbonyl (C=O) groups is 2. The topological polar surface area (TPSA) is 49.4 Å². The number of benzene rings is 2. The van der Waals surface area contributed by atoms with E-state index >= 15 is 0 Å². The summed E-state index contributed by atoms with van der Waals surface area (Å²) in [6.45, 7) is 10.6. The Kier molecular flexibility index (Phi) is 10.1. The highest BCUT2D eigenvalue weighted by Crippen LogP contribution is 2.19. The van der Waals surface area contributed by atoms with Gasteiger partial charge in [-0.2, -0.15) is 0 Å². The Morgan fingerprint density at radius 2 is 1.61 bits per heavy atom. The smallest absolute Gasteiger partial charge is 0.243 e. The van der Waals surface area contributed by atoms with Crippen LogP contribution in [0.1, 0.15) is 55.9 Å². The van der Waals surface area contributed by atoms with Crippen LogP contribution in [0.15, 0.2) is 48.5 Å². The SMILES string of the molecule is CC[C@H](C(=O)N[C@@H](C)CC)N(Cc1ccccc1)C(=O)CSCc1cc(C)cc(C)c1. The molecule has 0 spiro atoms. The largest absolute Gasteiger partial charge is 0.352 e. The van der Waals surface area contributed by atoms with Crippen molar-refractivity contribution in [3.8, 4) is 0 Å². The van der Waals surface area contributed by atoms with Gasteiger partial charge in [-0.25, -0.2) is 0 Å². The summed E-state index contributed by atoms with van der Waals surface area (Å²) in [5.41, 5.74) is 4.73. The lowest BCUT2D eigenvalue weighted by Gasteiger charge is -2.31. The van der Waals surface area contributed by atoms with E-state index in [1.165, 1.54) is 16.7 Å². The molecule has 2 aromatic rings. The summed E-state index contributed by atoms with van der Waals surface area (Å²) in [6, 6.07) is 16.0. The van der Waals surface area contributed by atoms with Crippen molar-refractivity contribution in [1.29, 1.82) is 0 Å². The van der Waals surface area contributed by atoms with E-state index in [2.05, 4.69) is 37.4 Å². The van der Waals surface area contributed by atoms with Crippen LogP contribution < -0.4 is 5.32 Å². The zero-order valence-corrected chi connectivity index (χ0v) is 20.3. The Morgan fingerprint density at radius 3 is 2.19 bits per heavy atom. The predicted molar refractivity (Wildman–Crippen MR) is 131 cm³/mol. The average Bonchev–Trinajstić information content (AvgIpc) is 2.73. The van der Waals surface area contributed by atoms with Crippen molar-refractivity contribution < 1.29 is 9.59 Å². The van der Waals surface area contributed by atoms with Gasteiger partial charge in [0.15, 0.2) is 0 Å². The summed E-state index contributed by atoms with van der Waals surface area (Å²) in [5, 5.41) is 3.06. The molecule has 0 radical (unpaired) electrons. The van der Waals surface area contributed by atoms with E-state index in [9.17, 15) is 9.59 Å². The minimum absolute atomic E-state index is 0.00406. The van der Waals surface area contributed by atoms with Crippen LogP contribution in [0, 0.1) is 13.8 Å². The molecule has 1 N–H and O–H groups in total. The van der Waals surface area contributed by atoms with Crippen LogP contribution >= 0.6 is 11.8 Å². The summed E-state index contributed by atoms with van der Waals surface area (Å²) in [5.74, 6) is 1.07. The molecule has 0 bridgehead atoms. The second-order valence-corrected chi connectivity index (χ2v) is 9.22. The quantitative estimate of drug-likeness (QED) is 0.519. The van der Waals surface area contributed by atoms with Crippen molar-refractivity contribution in [1.82, 2.24) is 10.2 Å². The third-order valence-electron chi connectivity index (χ3n) is 5.36. The van der Waals surface area contributed by atoms with Crippen molar-refractivity contribution in [3.05, 3.63) is 70.8 Å². The molecular weight excluding hydrogens is 404 g/mol. The molecule has 0 saturated carbocycles. The van der Waals surface area contributed by atoms with E-state index in [1.807, 2.05) is 51.1 Å². The minimum Gasteiger partial charge on any atom is -0.352 e. The Hall–Kier alpha value is -2.27. The zero-order chi connectivity index (χ0) is 22.8. The minimum atomic E-state index is -0.469. The molecule has 0 unspecified atom stereocenters. The molecule has 5 heteroatoms. The normalized spacial score (nSPS) is 12.8. The number of nitrogens with one attached hydrogen (secondary N) is 1. The molecule has 4 nitrogen and oxygen atoms in total. The van der Waals surface area contributed by atoms with E-state index in [4.69, 9.17) is 0 Å². The molecule has 0 fully saturated rings. The van der Waals surface area contributed by atoms with Gasteiger partial charge in [0, 0.05) is 18.3 Å². The summed E-state index contributed by atoms with van der Waals surface area (Å²) < 4.78 is 0. The molecule has 2 rings (SSSR count). The molecule has 0 saturated heterocycles. The fourth-order valence-corrected chi connectivity index (χ4v) is 4.48. The number of rotatable bonds is 11. The number of hydrogen-bond donors (Lipinski definition) is 1. The number of hydrogen-bond acceptors (Lipinski definition) is 3. The highest BCUT2D eigenvalue weighted by atomic mass is 32.2. The van der Waals surface area contributed by atoms with Gasteiger partial charge in [0.1, 0.15) is 6.04 Å². The Labute approximate surface area is 191 Å². The molecule has 0 aliphatic heterocycles. The Balaban J connectivity index is 2.11. The van der Waals surface area contributed by atoms with Crippen molar-refractivity contribution >= 4 is 23.6 Å². The van der Waals surface area contributed by atoms with Gasteiger partial charge >= 0.3 is 0 Å². The maximum Gasteiger partial charge on any atom is 0.243 e. The highest BCUT2D eigenvalue weighted by molar-refractivity contribution is 7.99. The van der Waals surface area contributed by atoms with E-state index in [-0.39, 0.29) is 17.9 Å². The lowest BCUT2D eigenvalue weighted by atomic mass is 10.1. The Morgan fingerprint density at radius 1 is 0.968 bits per heavy atom. The van der Waals surface area contributed by atoms with Crippen molar-refractivity contribution in [2.45, 2.75) is 71.8 Å². The fourth-order valence-electron chi connectivity index (χ4n) is 3.63. The summed E-state index contributed by atoms with van der Waals surface area (Å²) >= 11 is 1.61. The first-order valence-corrected chi connectivity index (χ1v) is 12.3. The summed E-state index contributed by atoms with van der Waals surface area (Å²) in [6.07, 6.45) is 1.45. The molecule has 2 amide bonds.